The maximum Gasteiger partial charge on any atom is 0.406 e. The Hall–Kier alpha value is -1.53. The SMILES string of the molecule is Cc1[nH]ncc1C(=O)N(CC(F)(F)F)C1CC1. The predicted molar refractivity (Wildman–Crippen MR) is 53.4 cm³/mol. The van der Waals surface area contributed by atoms with Gasteiger partial charge in [0.25, 0.3) is 5.91 Å². The van der Waals surface area contributed by atoms with Crippen LogP contribution in [0.25, 0.3) is 0 Å². The molecule has 94 valence electrons. The minimum atomic E-state index is -4.37. The third-order valence-electron chi connectivity index (χ3n) is 2.66. The van der Waals surface area contributed by atoms with Crippen LogP contribution in [0.2, 0.25) is 0 Å². The van der Waals surface area contributed by atoms with Gasteiger partial charge in [0.2, 0.25) is 0 Å². The van der Waals surface area contributed by atoms with E-state index in [1.807, 2.05) is 0 Å². The molecule has 1 aliphatic rings. The maximum atomic E-state index is 12.4. The molecule has 1 aromatic heterocycles. The Morgan fingerprint density at radius 1 is 1.59 bits per heavy atom. The summed E-state index contributed by atoms with van der Waals surface area (Å²) in [5.41, 5.74) is 0.698. The van der Waals surface area contributed by atoms with Gasteiger partial charge >= 0.3 is 6.18 Å². The number of carbonyl (C=O) groups is 1. The summed E-state index contributed by atoms with van der Waals surface area (Å²) in [7, 11) is 0. The highest BCUT2D eigenvalue weighted by molar-refractivity contribution is 5.95. The van der Waals surface area contributed by atoms with Crippen molar-refractivity contribution in [1.29, 1.82) is 0 Å². The van der Waals surface area contributed by atoms with Crippen LogP contribution < -0.4 is 0 Å². The zero-order chi connectivity index (χ0) is 12.6. The molecule has 0 atom stereocenters. The van der Waals surface area contributed by atoms with Gasteiger partial charge in [0.1, 0.15) is 6.54 Å². The van der Waals surface area contributed by atoms with Gasteiger partial charge in [-0.05, 0) is 19.8 Å². The first-order chi connectivity index (χ1) is 7.88. The van der Waals surface area contributed by atoms with Crippen LogP contribution >= 0.6 is 0 Å². The maximum absolute atomic E-state index is 12.4. The molecule has 1 heterocycles. The molecule has 0 spiro atoms. The van der Waals surface area contributed by atoms with Crippen LogP contribution in [-0.2, 0) is 0 Å². The van der Waals surface area contributed by atoms with Gasteiger partial charge < -0.3 is 4.90 Å². The number of nitrogens with one attached hydrogen (secondary N) is 1. The first-order valence-corrected chi connectivity index (χ1v) is 5.26. The number of carbonyl (C=O) groups excluding carboxylic acids is 1. The molecule has 0 bridgehead atoms. The highest BCUT2D eigenvalue weighted by Crippen LogP contribution is 2.31. The van der Waals surface area contributed by atoms with Crippen LogP contribution in [0.4, 0.5) is 13.2 Å². The normalized spacial score (nSPS) is 16.0. The standard InChI is InChI=1S/C10H12F3N3O/c1-6-8(4-14-15-6)9(17)16(7-2-3-7)5-10(11,12)13/h4,7H,2-3,5H2,1H3,(H,14,15). The Morgan fingerprint density at radius 2 is 2.24 bits per heavy atom. The molecular formula is C10H12F3N3O. The minimum Gasteiger partial charge on any atom is -0.326 e. The summed E-state index contributed by atoms with van der Waals surface area (Å²) in [6, 6.07) is -0.279. The van der Waals surface area contributed by atoms with Gasteiger partial charge in [0.15, 0.2) is 0 Å². The van der Waals surface area contributed by atoms with E-state index in [1.165, 1.54) is 6.20 Å². The number of nitrogens with zero attached hydrogens (tertiary/aromatic N) is 2. The zero-order valence-electron chi connectivity index (χ0n) is 9.21. The van der Waals surface area contributed by atoms with E-state index in [1.54, 1.807) is 6.92 Å². The number of aryl methyl sites for hydroxylation is 1. The fourth-order valence-electron chi connectivity index (χ4n) is 1.67. The van der Waals surface area contributed by atoms with Gasteiger partial charge in [-0.1, -0.05) is 0 Å². The second kappa shape index (κ2) is 4.05. The van der Waals surface area contributed by atoms with Crippen LogP contribution in [-0.4, -0.2) is 39.8 Å². The van der Waals surface area contributed by atoms with Crippen molar-refractivity contribution in [3.05, 3.63) is 17.5 Å². The van der Waals surface area contributed by atoms with Crippen LogP contribution in [0.5, 0.6) is 0 Å². The average Bonchev–Trinajstić information content (AvgIpc) is 2.96. The van der Waals surface area contributed by atoms with Crippen molar-refractivity contribution in [3.8, 4) is 0 Å². The molecule has 1 fully saturated rings. The molecule has 0 unspecified atom stereocenters. The summed E-state index contributed by atoms with van der Waals surface area (Å²) in [6.45, 7) is 0.417. The molecule has 1 saturated carbocycles. The number of aromatic nitrogens is 2. The zero-order valence-corrected chi connectivity index (χ0v) is 9.21. The second-order valence-electron chi connectivity index (χ2n) is 4.19. The summed E-state index contributed by atoms with van der Waals surface area (Å²) in [5, 5.41) is 6.20. The van der Waals surface area contributed by atoms with E-state index in [9.17, 15) is 18.0 Å². The van der Waals surface area contributed by atoms with Gasteiger partial charge in [-0.25, -0.2) is 0 Å². The monoisotopic (exact) mass is 247 g/mol. The molecule has 0 saturated heterocycles. The highest BCUT2D eigenvalue weighted by atomic mass is 19.4. The fourth-order valence-corrected chi connectivity index (χ4v) is 1.67. The lowest BCUT2D eigenvalue weighted by molar-refractivity contribution is -0.141. The smallest absolute Gasteiger partial charge is 0.326 e. The van der Waals surface area contributed by atoms with E-state index in [0.29, 0.717) is 18.5 Å². The van der Waals surface area contributed by atoms with Crippen molar-refractivity contribution < 1.29 is 18.0 Å². The number of rotatable bonds is 3. The van der Waals surface area contributed by atoms with Crippen molar-refractivity contribution in [2.45, 2.75) is 32.0 Å². The molecule has 2 rings (SSSR count). The van der Waals surface area contributed by atoms with Crippen LogP contribution in [0.15, 0.2) is 6.20 Å². The highest BCUT2D eigenvalue weighted by Gasteiger charge is 2.41. The summed E-state index contributed by atoms with van der Waals surface area (Å²) in [4.78, 5) is 12.8. The Kier molecular flexibility index (Phi) is 2.84. The van der Waals surface area contributed by atoms with Gasteiger partial charge in [0, 0.05) is 11.7 Å². The van der Waals surface area contributed by atoms with Crippen molar-refractivity contribution in [2.24, 2.45) is 0 Å². The lowest BCUT2D eigenvalue weighted by Crippen LogP contribution is -2.40. The molecule has 17 heavy (non-hydrogen) atoms. The summed E-state index contributed by atoms with van der Waals surface area (Å²) < 4.78 is 37.1. The van der Waals surface area contributed by atoms with Crippen LogP contribution in [0, 0.1) is 6.92 Å². The van der Waals surface area contributed by atoms with Crippen molar-refractivity contribution in [3.63, 3.8) is 0 Å². The van der Waals surface area contributed by atoms with E-state index >= 15 is 0 Å². The molecule has 0 aliphatic heterocycles. The van der Waals surface area contributed by atoms with Crippen molar-refractivity contribution in [2.75, 3.05) is 6.54 Å². The second-order valence-corrected chi connectivity index (χ2v) is 4.19. The fraction of sp³-hybridized carbons (Fsp3) is 0.600. The Morgan fingerprint density at radius 3 is 2.65 bits per heavy atom. The molecule has 4 nitrogen and oxygen atoms in total. The molecule has 1 N–H and O–H groups in total. The Bertz CT molecular complexity index is 423. The number of amides is 1. The summed E-state index contributed by atoms with van der Waals surface area (Å²) in [5.74, 6) is -0.601. The first-order valence-electron chi connectivity index (χ1n) is 5.26. The van der Waals surface area contributed by atoms with E-state index in [0.717, 1.165) is 4.90 Å². The predicted octanol–water partition coefficient (Wildman–Crippen LogP) is 1.89. The molecule has 1 aromatic rings. The Labute approximate surface area is 95.8 Å². The average molecular weight is 247 g/mol. The molecule has 0 aromatic carbocycles. The van der Waals surface area contributed by atoms with Crippen LogP contribution in [0.3, 0.4) is 0 Å². The van der Waals surface area contributed by atoms with E-state index < -0.39 is 18.6 Å². The third kappa shape index (κ3) is 2.78. The van der Waals surface area contributed by atoms with Gasteiger partial charge in [-0.15, -0.1) is 0 Å². The van der Waals surface area contributed by atoms with E-state index in [-0.39, 0.29) is 11.6 Å². The molecule has 1 aliphatic carbocycles. The van der Waals surface area contributed by atoms with Gasteiger partial charge in [-0.2, -0.15) is 18.3 Å². The lowest BCUT2D eigenvalue weighted by Gasteiger charge is -2.23. The lowest BCUT2D eigenvalue weighted by atomic mass is 10.2. The van der Waals surface area contributed by atoms with Crippen LogP contribution in [0.1, 0.15) is 28.9 Å². The number of H-pyrrole nitrogens is 1. The van der Waals surface area contributed by atoms with Gasteiger partial charge in [-0.3, -0.25) is 9.89 Å². The molecule has 1 amide bonds. The molecule has 0 radical (unpaired) electrons. The number of aromatic amines is 1. The molecular weight excluding hydrogens is 235 g/mol. The van der Waals surface area contributed by atoms with Gasteiger partial charge in [0.05, 0.1) is 11.8 Å². The number of hydrogen-bond acceptors (Lipinski definition) is 2. The third-order valence-corrected chi connectivity index (χ3v) is 2.66. The summed E-state index contributed by atoms with van der Waals surface area (Å²) in [6.07, 6.45) is -1.82. The largest absolute Gasteiger partial charge is 0.406 e. The molecule has 7 heteroatoms. The number of hydrogen-bond donors (Lipinski definition) is 1. The van der Waals surface area contributed by atoms with E-state index in [4.69, 9.17) is 0 Å². The quantitative estimate of drug-likeness (QED) is 0.886. The van der Waals surface area contributed by atoms with Crippen molar-refractivity contribution in [1.82, 2.24) is 15.1 Å². The minimum absolute atomic E-state index is 0.209. The first kappa shape index (κ1) is 11.9. The van der Waals surface area contributed by atoms with E-state index in [2.05, 4.69) is 10.2 Å². The topological polar surface area (TPSA) is 49.0 Å². The number of halogens is 3. The van der Waals surface area contributed by atoms with Crippen molar-refractivity contribution >= 4 is 5.91 Å². The Balaban J connectivity index is 2.17. The summed E-state index contributed by atoms with van der Waals surface area (Å²) >= 11 is 0. The number of alkyl halides is 3.